The number of piperidine rings is 1. The number of amides is 3. The maximum atomic E-state index is 14.2. The van der Waals surface area contributed by atoms with Crippen molar-refractivity contribution in [3.05, 3.63) is 16.9 Å². The van der Waals surface area contributed by atoms with Crippen molar-refractivity contribution >= 4 is 57.9 Å². The molecule has 0 aromatic heterocycles. The van der Waals surface area contributed by atoms with Crippen molar-refractivity contribution in [2.24, 2.45) is 0 Å². The van der Waals surface area contributed by atoms with E-state index in [1.54, 1.807) is 15.7 Å². The maximum absolute atomic E-state index is 14.2. The third-order valence-corrected chi connectivity index (χ3v) is 5.02. The minimum Gasteiger partial charge on any atom is -0.399 e. The molecular formula is C13H15B3FN3O3. The number of nitrogens with zero attached hydrogens (tertiary/aromatic N) is 1. The molecular weight excluding hydrogens is 298 g/mol. The van der Waals surface area contributed by atoms with E-state index in [0.717, 1.165) is 0 Å². The molecule has 0 unspecified atom stereocenters. The highest BCUT2D eigenvalue weighted by Gasteiger charge is 2.49. The van der Waals surface area contributed by atoms with Crippen molar-refractivity contribution in [1.82, 2.24) is 10.2 Å². The highest BCUT2D eigenvalue weighted by Crippen LogP contribution is 2.33. The van der Waals surface area contributed by atoms with Gasteiger partial charge in [0, 0.05) is 29.8 Å². The van der Waals surface area contributed by atoms with E-state index in [1.807, 2.05) is 0 Å². The second-order valence-corrected chi connectivity index (χ2v) is 6.37. The number of nitrogens with two attached hydrogens (primary N) is 1. The zero-order valence-electron chi connectivity index (χ0n) is 13.2. The number of carbonyl (C=O) groups excluding carboxylic acids is 3. The van der Waals surface area contributed by atoms with Crippen LogP contribution in [0.25, 0.3) is 0 Å². The van der Waals surface area contributed by atoms with Crippen LogP contribution in [-0.2, 0) is 16.1 Å². The van der Waals surface area contributed by atoms with Crippen LogP contribution in [0.15, 0.2) is 0 Å². The first-order valence-corrected chi connectivity index (χ1v) is 7.41. The molecule has 3 amide bonds. The molecule has 2 heterocycles. The molecule has 10 heteroatoms. The number of carbonyl (C=O) groups is 3. The van der Waals surface area contributed by atoms with Crippen molar-refractivity contribution in [2.45, 2.75) is 24.8 Å². The summed E-state index contributed by atoms with van der Waals surface area (Å²) in [5.74, 6) is -1.78. The smallest absolute Gasteiger partial charge is 0.254 e. The molecule has 1 atom stereocenters. The fraction of sp³-hybridized carbons (Fsp3) is 0.308. The number of anilines is 1. The van der Waals surface area contributed by atoms with E-state index in [9.17, 15) is 18.8 Å². The van der Waals surface area contributed by atoms with Gasteiger partial charge in [0.2, 0.25) is 11.8 Å². The quantitative estimate of drug-likeness (QED) is 0.311. The lowest BCUT2D eigenvalue weighted by molar-refractivity contribution is -0.138. The Hall–Kier alpha value is -2.25. The first-order chi connectivity index (χ1) is 10.7. The molecule has 1 fully saturated rings. The summed E-state index contributed by atoms with van der Waals surface area (Å²) < 4.78 is 14.2. The zero-order valence-corrected chi connectivity index (χ0v) is 13.2. The van der Waals surface area contributed by atoms with Crippen LogP contribution in [0.5, 0.6) is 0 Å². The van der Waals surface area contributed by atoms with Crippen molar-refractivity contribution in [1.29, 1.82) is 0 Å². The molecule has 6 nitrogen and oxygen atoms in total. The van der Waals surface area contributed by atoms with Gasteiger partial charge in [-0.1, -0.05) is 0 Å². The van der Waals surface area contributed by atoms with Gasteiger partial charge >= 0.3 is 0 Å². The molecule has 2 aliphatic heterocycles. The predicted octanol–water partition coefficient (Wildman–Crippen LogP) is -4.35. The summed E-state index contributed by atoms with van der Waals surface area (Å²) in [6.07, 6.45) is 0.391. The second kappa shape index (κ2) is 4.87. The minimum atomic E-state index is -1.15. The Morgan fingerprint density at radius 3 is 2.48 bits per heavy atom. The summed E-state index contributed by atoms with van der Waals surface area (Å²) in [6.45, 7) is 0.139. The normalized spacial score (nSPS) is 23.9. The number of hydrogen-bond acceptors (Lipinski definition) is 4. The highest BCUT2D eigenvalue weighted by molar-refractivity contribution is 6.44. The van der Waals surface area contributed by atoms with Crippen molar-refractivity contribution in [3.8, 4) is 0 Å². The molecule has 0 spiro atoms. The number of rotatable bonds is 1. The van der Waals surface area contributed by atoms with E-state index in [2.05, 4.69) is 5.32 Å². The van der Waals surface area contributed by atoms with Crippen molar-refractivity contribution < 1.29 is 18.8 Å². The molecule has 0 bridgehead atoms. The topological polar surface area (TPSA) is 92.5 Å². The number of halogens is 1. The van der Waals surface area contributed by atoms with Gasteiger partial charge in [-0.15, -0.1) is 0 Å². The average molecular weight is 313 g/mol. The number of fused-ring (bicyclic) bond motifs is 1. The van der Waals surface area contributed by atoms with Crippen molar-refractivity contribution in [2.75, 3.05) is 5.73 Å². The van der Waals surface area contributed by atoms with Crippen LogP contribution in [0.3, 0.4) is 0 Å². The van der Waals surface area contributed by atoms with Gasteiger partial charge in [-0.2, -0.15) is 0 Å². The summed E-state index contributed by atoms with van der Waals surface area (Å²) in [5, 5.41) is 2.27. The summed E-state index contributed by atoms with van der Waals surface area (Å²) in [7, 11) is 4.72. The Labute approximate surface area is 135 Å². The fourth-order valence-corrected chi connectivity index (χ4v) is 3.37. The van der Waals surface area contributed by atoms with E-state index in [1.165, 1.54) is 12.7 Å². The summed E-state index contributed by atoms with van der Waals surface area (Å²) >= 11 is 0. The van der Waals surface area contributed by atoms with Gasteiger partial charge in [0.25, 0.3) is 5.91 Å². The molecule has 116 valence electrons. The molecule has 3 rings (SSSR count). The Morgan fingerprint density at radius 2 is 1.87 bits per heavy atom. The fourth-order valence-electron chi connectivity index (χ4n) is 3.37. The number of imide groups is 1. The molecule has 1 aromatic rings. The largest absolute Gasteiger partial charge is 0.399 e. The third-order valence-electron chi connectivity index (χ3n) is 5.02. The number of benzene rings is 1. The van der Waals surface area contributed by atoms with Gasteiger partial charge in [0.05, 0.1) is 5.44 Å². The molecule has 1 aromatic carbocycles. The van der Waals surface area contributed by atoms with E-state index in [-0.39, 0.29) is 42.0 Å². The number of nitrogens with one attached hydrogen (secondary N) is 1. The van der Waals surface area contributed by atoms with E-state index >= 15 is 0 Å². The maximum Gasteiger partial charge on any atom is 0.254 e. The Bertz CT molecular complexity index is 786. The van der Waals surface area contributed by atoms with E-state index < -0.39 is 23.1 Å². The highest BCUT2D eigenvalue weighted by atomic mass is 19.1. The molecule has 3 N–H and O–H groups in total. The second-order valence-electron chi connectivity index (χ2n) is 6.37. The predicted molar refractivity (Wildman–Crippen MR) is 90.7 cm³/mol. The van der Waals surface area contributed by atoms with Crippen LogP contribution in [0.2, 0.25) is 0 Å². The molecule has 23 heavy (non-hydrogen) atoms. The van der Waals surface area contributed by atoms with Gasteiger partial charge in [0.15, 0.2) is 0 Å². The van der Waals surface area contributed by atoms with Gasteiger partial charge in [0.1, 0.15) is 29.4 Å². The van der Waals surface area contributed by atoms with Gasteiger partial charge in [-0.3, -0.25) is 19.7 Å². The minimum absolute atomic E-state index is 0.139. The van der Waals surface area contributed by atoms with Gasteiger partial charge in [-0.05, 0) is 17.3 Å². The van der Waals surface area contributed by atoms with Crippen LogP contribution < -0.4 is 22.0 Å². The van der Waals surface area contributed by atoms with E-state index in [4.69, 9.17) is 5.73 Å². The third kappa shape index (κ3) is 2.00. The average Bonchev–Trinajstić information content (AvgIpc) is 2.85. The summed E-state index contributed by atoms with van der Waals surface area (Å²) in [4.78, 5) is 37.8. The monoisotopic (exact) mass is 313 g/mol. The van der Waals surface area contributed by atoms with Crippen LogP contribution >= 0.6 is 0 Å². The summed E-state index contributed by atoms with van der Waals surface area (Å²) in [5.41, 5.74) is 6.42. The van der Waals surface area contributed by atoms with Gasteiger partial charge in [-0.25, -0.2) is 4.39 Å². The number of nitrogen functional groups attached to an aromatic ring is 1. The Kier molecular flexibility index (Phi) is 3.32. The summed E-state index contributed by atoms with van der Waals surface area (Å²) in [6, 6.07) is 0. The molecule has 1 saturated heterocycles. The molecule has 2 aliphatic rings. The SMILES string of the molecule is Bc1c(N)c2c(c(B)c1F)C(=O)N([C@@]1(B)CCC(=O)NC1=O)C2. The molecule has 0 aliphatic carbocycles. The molecule has 0 radical (unpaired) electrons. The zero-order chi connectivity index (χ0) is 17.1. The van der Waals surface area contributed by atoms with Crippen LogP contribution in [0.4, 0.5) is 10.1 Å². The standard InChI is InChI=1S/C13H15B3FN3O3/c14-7-6-4(10(18)8(15)9(7)17)3-20(11(6)22)13(16)2-1-5(21)19-12(13)23/h1-3,14-16,18H2,(H,19,21,23)/t13-/m0/s1. The molecule has 0 saturated carbocycles. The first kappa shape index (κ1) is 15.6. The van der Waals surface area contributed by atoms with Crippen LogP contribution in [-0.4, -0.2) is 51.6 Å². The Balaban J connectivity index is 2.08. The lowest BCUT2D eigenvalue weighted by atomic mass is 9.70. The van der Waals surface area contributed by atoms with Crippen LogP contribution in [0.1, 0.15) is 28.8 Å². The van der Waals surface area contributed by atoms with Crippen LogP contribution in [0, 0.1) is 5.82 Å². The Morgan fingerprint density at radius 1 is 1.22 bits per heavy atom. The first-order valence-electron chi connectivity index (χ1n) is 7.41. The van der Waals surface area contributed by atoms with Gasteiger partial charge < -0.3 is 10.6 Å². The number of hydrogen-bond donors (Lipinski definition) is 2. The lowest BCUT2D eigenvalue weighted by Crippen LogP contribution is -2.63. The van der Waals surface area contributed by atoms with E-state index in [0.29, 0.717) is 11.0 Å². The lowest BCUT2D eigenvalue weighted by Gasteiger charge is -2.40. The van der Waals surface area contributed by atoms with Crippen molar-refractivity contribution in [3.63, 3.8) is 0 Å².